The van der Waals surface area contributed by atoms with Gasteiger partial charge < -0.3 is 14.9 Å². The van der Waals surface area contributed by atoms with Crippen molar-refractivity contribution in [1.82, 2.24) is 28.7 Å². The third-order valence-corrected chi connectivity index (χ3v) is 16.3. The average Bonchev–Trinajstić information content (AvgIpc) is 4.19. The number of rotatable bonds is 26. The fourth-order valence-electron chi connectivity index (χ4n) is 11.2. The third kappa shape index (κ3) is 13.8. The zero-order valence-corrected chi connectivity index (χ0v) is 48.2. The van der Waals surface area contributed by atoms with E-state index in [9.17, 15) is 29.4 Å². The summed E-state index contributed by atoms with van der Waals surface area (Å²) >= 11 is 0. The van der Waals surface area contributed by atoms with Crippen LogP contribution in [0.3, 0.4) is 0 Å². The van der Waals surface area contributed by atoms with Gasteiger partial charge in [0, 0.05) is 31.5 Å². The Morgan fingerprint density at radius 3 is 1.54 bits per heavy atom. The minimum atomic E-state index is -0.924. The summed E-state index contributed by atoms with van der Waals surface area (Å²) in [7, 11) is 0. The number of nitrogens with zero attached hydrogens (tertiary/aromatic N) is 6. The van der Waals surface area contributed by atoms with Gasteiger partial charge in [-0.15, -0.1) is 0 Å². The number of benzene rings is 6. The lowest BCUT2D eigenvalue weighted by atomic mass is 9.80. The zero-order valence-electron chi connectivity index (χ0n) is 48.2. The summed E-state index contributed by atoms with van der Waals surface area (Å²) in [5, 5.41) is 29.3. The predicted octanol–water partition coefficient (Wildman–Crippen LogP) is 12.4. The molecule has 13 nitrogen and oxygen atoms in total. The molecule has 1 aliphatic carbocycles. The van der Waals surface area contributed by atoms with Crippen LogP contribution >= 0.6 is 0 Å². The smallest absolute Gasteiger partial charge is 0.346 e. The number of ether oxygens (including phenoxy) is 1. The van der Waals surface area contributed by atoms with Gasteiger partial charge in [0.1, 0.15) is 17.4 Å². The molecule has 2 N–H and O–H groups in total. The van der Waals surface area contributed by atoms with Crippen molar-refractivity contribution < 1.29 is 24.5 Å². The second-order valence-electron chi connectivity index (χ2n) is 23.7. The Balaban J connectivity index is 0.756. The molecule has 422 valence electrons. The summed E-state index contributed by atoms with van der Waals surface area (Å²) in [5.41, 5.74) is 11.2. The van der Waals surface area contributed by atoms with E-state index in [2.05, 4.69) is 113 Å². The summed E-state index contributed by atoms with van der Waals surface area (Å²) in [6.45, 7) is 17.3. The number of hydrogen-bond donors (Lipinski definition) is 2. The van der Waals surface area contributed by atoms with Gasteiger partial charge in [0.15, 0.2) is 0 Å². The predicted molar refractivity (Wildman–Crippen MR) is 320 cm³/mol. The molecule has 1 saturated carbocycles. The topological polar surface area (TPSA) is 163 Å². The molecule has 9 rings (SSSR count). The van der Waals surface area contributed by atoms with E-state index in [4.69, 9.17) is 14.9 Å². The minimum Gasteiger partial charge on any atom is -0.493 e. The molecule has 0 radical (unpaired) electrons. The van der Waals surface area contributed by atoms with Gasteiger partial charge in [0.25, 0.3) is 0 Å². The van der Waals surface area contributed by atoms with Crippen LogP contribution in [0.4, 0.5) is 0 Å². The highest BCUT2D eigenvalue weighted by Gasteiger charge is 2.51. The largest absolute Gasteiger partial charge is 0.493 e. The van der Waals surface area contributed by atoms with E-state index in [1.165, 1.54) is 16.7 Å². The van der Waals surface area contributed by atoms with Crippen LogP contribution in [0, 0.1) is 0 Å². The van der Waals surface area contributed by atoms with Gasteiger partial charge in [-0.1, -0.05) is 162 Å². The lowest BCUT2D eigenvalue weighted by Crippen LogP contribution is -2.25. The van der Waals surface area contributed by atoms with Crippen LogP contribution in [0.25, 0.3) is 22.3 Å². The first kappa shape index (κ1) is 57.6. The molecule has 0 amide bonds. The second kappa shape index (κ2) is 24.8. The Hall–Kier alpha value is -8.06. The van der Waals surface area contributed by atoms with E-state index in [1.54, 1.807) is 18.5 Å². The molecule has 8 aromatic rings. The number of carboxylic acid groups (broad SMARTS) is 2. The molecule has 2 aromatic heterocycles. The van der Waals surface area contributed by atoms with Gasteiger partial charge in [-0.25, -0.2) is 19.0 Å². The quantitative estimate of drug-likeness (QED) is 0.0502. The SMILES string of the molecule is CCn1c(CCCc2cccc(-c3cccc(C4(C(=O)O)CC4)c3)c2)nn(Cc2ccc(C(C)(C)CCCOc3ccc(-c4cccc(CCCc5nn(Cc6ccc(C(C)(C)C)cc6)c(=O)n5CC)c4)cc3CC(=O)O)cc2)c1=O. The summed E-state index contributed by atoms with van der Waals surface area (Å²) in [4.78, 5) is 51.0. The molecular formula is C68H78N6O7. The molecule has 1 aliphatic rings. The minimum absolute atomic E-state index is 0.0567. The van der Waals surface area contributed by atoms with Crippen molar-refractivity contribution in [3.8, 4) is 28.0 Å². The van der Waals surface area contributed by atoms with Crippen LogP contribution in [0.15, 0.2) is 149 Å². The van der Waals surface area contributed by atoms with E-state index in [0.717, 1.165) is 94.7 Å². The van der Waals surface area contributed by atoms with Gasteiger partial charge in [-0.05, 0) is 149 Å². The first-order valence-corrected chi connectivity index (χ1v) is 28.9. The van der Waals surface area contributed by atoms with Crippen molar-refractivity contribution in [3.05, 3.63) is 217 Å². The van der Waals surface area contributed by atoms with Gasteiger partial charge in [-0.3, -0.25) is 18.7 Å². The molecule has 0 unspecified atom stereocenters. The lowest BCUT2D eigenvalue weighted by molar-refractivity contribution is -0.140. The average molecular weight is 1090 g/mol. The highest BCUT2D eigenvalue weighted by molar-refractivity contribution is 5.85. The van der Waals surface area contributed by atoms with Crippen molar-refractivity contribution in [3.63, 3.8) is 0 Å². The Labute approximate surface area is 475 Å². The number of hydrogen-bond acceptors (Lipinski definition) is 7. The highest BCUT2D eigenvalue weighted by atomic mass is 16.5. The van der Waals surface area contributed by atoms with Gasteiger partial charge in [-0.2, -0.15) is 10.2 Å². The molecule has 0 saturated heterocycles. The van der Waals surface area contributed by atoms with Crippen LogP contribution in [0.2, 0.25) is 0 Å². The Morgan fingerprint density at radius 2 is 1.06 bits per heavy atom. The number of aryl methyl sites for hydroxylation is 4. The Bertz CT molecular complexity index is 3630. The maximum absolute atomic E-state index is 13.6. The lowest BCUT2D eigenvalue weighted by Gasteiger charge is -2.25. The number of aliphatic carboxylic acids is 2. The molecule has 81 heavy (non-hydrogen) atoms. The summed E-state index contributed by atoms with van der Waals surface area (Å²) < 4.78 is 13.0. The van der Waals surface area contributed by atoms with Gasteiger partial charge in [0.05, 0.1) is 31.5 Å². The summed E-state index contributed by atoms with van der Waals surface area (Å²) in [6.07, 6.45) is 7.35. The first-order chi connectivity index (χ1) is 38.8. The highest BCUT2D eigenvalue weighted by Crippen LogP contribution is 2.49. The first-order valence-electron chi connectivity index (χ1n) is 28.9. The van der Waals surface area contributed by atoms with Crippen LogP contribution in [0.5, 0.6) is 5.75 Å². The standard InChI is InChI=1S/C68H78N6O7/c1-8-71-60(69-73(64(71)79)45-49-26-31-56(32-27-49)66(3,4)5)25-13-19-48-17-11-21-52(41-48)54-30-35-59(55(42-54)44-62(75)76)81-39-15-36-67(6,7)57-33-28-50(29-34-57)46-74-65(80)72(9-2)61(70-74)24-12-18-47-16-10-20-51(40-47)53-22-14-23-58(43-53)68(37-38-68)63(77)78/h10-11,14,16-17,20-23,26-35,40-43H,8-9,12-13,15,18-19,24-25,36-39,44-46H2,1-7H3,(H,75,76)(H,77,78). The van der Waals surface area contributed by atoms with E-state index in [0.29, 0.717) is 69.8 Å². The molecule has 0 aliphatic heterocycles. The van der Waals surface area contributed by atoms with Crippen molar-refractivity contribution in [2.75, 3.05) is 6.61 Å². The maximum Gasteiger partial charge on any atom is 0.346 e. The fourth-order valence-corrected chi connectivity index (χ4v) is 11.2. The van der Waals surface area contributed by atoms with Gasteiger partial charge in [0.2, 0.25) is 0 Å². The van der Waals surface area contributed by atoms with Crippen LogP contribution < -0.4 is 16.1 Å². The van der Waals surface area contributed by atoms with E-state index >= 15 is 0 Å². The van der Waals surface area contributed by atoms with Crippen molar-refractivity contribution >= 4 is 11.9 Å². The van der Waals surface area contributed by atoms with E-state index in [-0.39, 0.29) is 28.6 Å². The summed E-state index contributed by atoms with van der Waals surface area (Å²) in [5.74, 6) is 0.455. The third-order valence-electron chi connectivity index (χ3n) is 16.3. The molecular weight excluding hydrogens is 1010 g/mol. The van der Waals surface area contributed by atoms with Crippen LogP contribution in [-0.4, -0.2) is 57.5 Å². The Morgan fingerprint density at radius 1 is 0.568 bits per heavy atom. The van der Waals surface area contributed by atoms with Gasteiger partial charge >= 0.3 is 23.3 Å². The molecule has 13 heteroatoms. The molecule has 6 aromatic carbocycles. The molecule has 1 fully saturated rings. The van der Waals surface area contributed by atoms with Crippen molar-refractivity contribution in [2.24, 2.45) is 0 Å². The van der Waals surface area contributed by atoms with Crippen LogP contribution in [0.1, 0.15) is 143 Å². The molecule has 2 heterocycles. The number of carboxylic acids is 2. The van der Waals surface area contributed by atoms with Crippen molar-refractivity contribution in [1.29, 1.82) is 0 Å². The summed E-state index contributed by atoms with van der Waals surface area (Å²) in [6, 6.07) is 47.3. The van der Waals surface area contributed by atoms with E-state index in [1.807, 2.05) is 74.5 Å². The van der Waals surface area contributed by atoms with Crippen LogP contribution in [-0.2, 0) is 84.1 Å². The molecule has 0 spiro atoms. The second-order valence-corrected chi connectivity index (χ2v) is 23.7. The molecule has 0 atom stereocenters. The van der Waals surface area contributed by atoms with Crippen molar-refractivity contribution in [2.45, 2.75) is 162 Å². The molecule has 0 bridgehead atoms. The number of aromatic nitrogens is 6. The Kier molecular flexibility index (Phi) is 17.6. The number of carbonyl (C=O) groups is 2. The van der Waals surface area contributed by atoms with E-state index < -0.39 is 17.4 Å². The normalized spacial score (nSPS) is 13.1. The maximum atomic E-state index is 13.6. The zero-order chi connectivity index (χ0) is 57.5. The fraction of sp³-hybridized carbons (Fsp3) is 0.382. The monoisotopic (exact) mass is 1090 g/mol.